The van der Waals surface area contributed by atoms with Crippen LogP contribution in [0.4, 0.5) is 10.2 Å². The molecule has 1 atom stereocenters. The monoisotopic (exact) mass is 393 g/mol. The van der Waals surface area contributed by atoms with Crippen molar-refractivity contribution in [1.29, 1.82) is 0 Å². The smallest absolute Gasteiger partial charge is 0.226 e. The van der Waals surface area contributed by atoms with Gasteiger partial charge in [-0.05, 0) is 43.7 Å². The van der Waals surface area contributed by atoms with E-state index in [-0.39, 0.29) is 17.6 Å². The summed E-state index contributed by atoms with van der Waals surface area (Å²) in [6, 6.07) is 14.0. The Morgan fingerprint density at radius 2 is 1.97 bits per heavy atom. The van der Waals surface area contributed by atoms with E-state index in [0.717, 1.165) is 35.4 Å². The van der Waals surface area contributed by atoms with Crippen molar-refractivity contribution in [1.82, 2.24) is 9.78 Å². The van der Waals surface area contributed by atoms with Crippen LogP contribution in [0.2, 0.25) is 0 Å². The van der Waals surface area contributed by atoms with Crippen LogP contribution in [0.1, 0.15) is 48.9 Å². The maximum atomic E-state index is 13.4. The van der Waals surface area contributed by atoms with Gasteiger partial charge in [-0.15, -0.1) is 0 Å². The Balaban J connectivity index is 1.78. The average molecular weight is 393 g/mol. The Morgan fingerprint density at radius 3 is 2.72 bits per heavy atom. The van der Waals surface area contributed by atoms with Gasteiger partial charge in [0.2, 0.25) is 5.91 Å². The summed E-state index contributed by atoms with van der Waals surface area (Å²) < 4.78 is 21.1. The number of anilines is 1. The first-order valence-electron chi connectivity index (χ1n) is 9.95. The van der Waals surface area contributed by atoms with Crippen LogP contribution >= 0.6 is 0 Å². The molecule has 0 aliphatic carbocycles. The third-order valence-electron chi connectivity index (χ3n) is 5.22. The number of amides is 1. The van der Waals surface area contributed by atoms with E-state index in [1.165, 1.54) is 12.1 Å². The lowest BCUT2D eigenvalue weighted by Crippen LogP contribution is -2.25. The number of fused-ring (bicyclic) bond motifs is 1. The fourth-order valence-corrected chi connectivity index (χ4v) is 3.81. The van der Waals surface area contributed by atoms with Gasteiger partial charge in [0.05, 0.1) is 18.0 Å². The highest BCUT2D eigenvalue weighted by molar-refractivity contribution is 5.95. The van der Waals surface area contributed by atoms with Crippen LogP contribution in [0.5, 0.6) is 5.75 Å². The van der Waals surface area contributed by atoms with E-state index < -0.39 is 0 Å². The molecule has 0 bridgehead atoms. The minimum atomic E-state index is -0.313. The van der Waals surface area contributed by atoms with Crippen molar-refractivity contribution in [3.8, 4) is 11.4 Å². The van der Waals surface area contributed by atoms with Crippen LogP contribution in [0.15, 0.2) is 48.5 Å². The SMILES string of the molecule is CCCCOc1ccccc1C1CC(=O)Nc2c1c(C)nn2-c1ccc(F)cc1. The maximum absolute atomic E-state index is 13.4. The number of ether oxygens (including phenoxy) is 1. The molecule has 0 saturated heterocycles. The summed E-state index contributed by atoms with van der Waals surface area (Å²) in [6.45, 7) is 4.71. The number of nitrogens with one attached hydrogen (secondary N) is 1. The number of unbranched alkanes of at least 4 members (excludes halogenated alkanes) is 1. The van der Waals surface area contributed by atoms with E-state index in [4.69, 9.17) is 4.74 Å². The molecule has 1 unspecified atom stereocenters. The van der Waals surface area contributed by atoms with Crippen LogP contribution in [0.25, 0.3) is 5.69 Å². The van der Waals surface area contributed by atoms with E-state index in [9.17, 15) is 9.18 Å². The molecule has 5 nitrogen and oxygen atoms in total. The van der Waals surface area contributed by atoms with E-state index in [1.54, 1.807) is 16.8 Å². The number of hydrogen-bond donors (Lipinski definition) is 1. The van der Waals surface area contributed by atoms with Crippen LogP contribution in [0.3, 0.4) is 0 Å². The Bertz CT molecular complexity index is 1030. The number of aromatic nitrogens is 2. The lowest BCUT2D eigenvalue weighted by Gasteiger charge is -2.26. The largest absolute Gasteiger partial charge is 0.493 e. The molecular formula is C23H24FN3O2. The minimum Gasteiger partial charge on any atom is -0.493 e. The van der Waals surface area contributed by atoms with Gasteiger partial charge >= 0.3 is 0 Å². The number of carbonyl (C=O) groups is 1. The van der Waals surface area contributed by atoms with Crippen LogP contribution in [0, 0.1) is 12.7 Å². The van der Waals surface area contributed by atoms with Gasteiger partial charge in [-0.25, -0.2) is 9.07 Å². The molecule has 1 aromatic heterocycles. The molecule has 150 valence electrons. The Kier molecular flexibility index (Phi) is 5.34. The third kappa shape index (κ3) is 3.75. The molecule has 4 rings (SSSR count). The highest BCUT2D eigenvalue weighted by atomic mass is 19.1. The molecule has 1 amide bonds. The molecular weight excluding hydrogens is 369 g/mol. The molecule has 3 aromatic rings. The van der Waals surface area contributed by atoms with Gasteiger partial charge < -0.3 is 10.1 Å². The average Bonchev–Trinajstić information content (AvgIpc) is 3.05. The Hall–Kier alpha value is -3.15. The van der Waals surface area contributed by atoms with Gasteiger partial charge in [-0.1, -0.05) is 31.5 Å². The number of benzene rings is 2. The molecule has 0 spiro atoms. The van der Waals surface area contributed by atoms with Gasteiger partial charge in [0.1, 0.15) is 17.4 Å². The zero-order valence-corrected chi connectivity index (χ0v) is 16.6. The topological polar surface area (TPSA) is 56.1 Å². The number of hydrogen-bond acceptors (Lipinski definition) is 3. The maximum Gasteiger partial charge on any atom is 0.226 e. The summed E-state index contributed by atoms with van der Waals surface area (Å²) in [7, 11) is 0. The number of halogens is 1. The van der Waals surface area contributed by atoms with Crippen LogP contribution in [-0.4, -0.2) is 22.3 Å². The second-order valence-corrected chi connectivity index (χ2v) is 7.28. The molecule has 1 N–H and O–H groups in total. The molecule has 2 aromatic carbocycles. The van der Waals surface area contributed by atoms with Crippen molar-refractivity contribution in [3.05, 3.63) is 71.2 Å². The quantitative estimate of drug-likeness (QED) is 0.602. The Morgan fingerprint density at radius 1 is 1.21 bits per heavy atom. The van der Waals surface area contributed by atoms with Crippen molar-refractivity contribution in [2.45, 2.75) is 39.0 Å². The lowest BCUT2D eigenvalue weighted by atomic mass is 9.85. The summed E-state index contributed by atoms with van der Waals surface area (Å²) in [5.41, 5.74) is 3.49. The Labute approximate surface area is 169 Å². The minimum absolute atomic E-state index is 0.0749. The molecule has 0 fully saturated rings. The summed E-state index contributed by atoms with van der Waals surface area (Å²) >= 11 is 0. The number of carbonyl (C=O) groups excluding carboxylic acids is 1. The third-order valence-corrected chi connectivity index (χ3v) is 5.22. The highest BCUT2D eigenvalue weighted by Gasteiger charge is 2.34. The summed E-state index contributed by atoms with van der Waals surface area (Å²) in [5, 5.41) is 7.61. The number of para-hydroxylation sites is 1. The van der Waals surface area contributed by atoms with Crippen LogP contribution < -0.4 is 10.1 Å². The molecule has 6 heteroatoms. The standard InChI is InChI=1S/C23H24FN3O2/c1-3-4-13-29-20-8-6-5-7-18(20)19-14-21(28)25-23-22(19)15(2)26-27(23)17-11-9-16(24)10-12-17/h5-12,19H,3-4,13-14H2,1-2H3,(H,25,28). The molecule has 29 heavy (non-hydrogen) atoms. The normalized spacial score (nSPS) is 15.7. The van der Waals surface area contributed by atoms with E-state index in [2.05, 4.69) is 17.3 Å². The molecule has 0 radical (unpaired) electrons. The summed E-state index contributed by atoms with van der Waals surface area (Å²) in [4.78, 5) is 12.6. The predicted octanol–water partition coefficient (Wildman–Crippen LogP) is 4.97. The lowest BCUT2D eigenvalue weighted by molar-refractivity contribution is -0.116. The highest BCUT2D eigenvalue weighted by Crippen LogP contribution is 2.43. The van der Waals surface area contributed by atoms with Crippen LogP contribution in [-0.2, 0) is 4.79 Å². The van der Waals surface area contributed by atoms with E-state index in [0.29, 0.717) is 24.5 Å². The van der Waals surface area contributed by atoms with Gasteiger partial charge in [-0.3, -0.25) is 4.79 Å². The van der Waals surface area contributed by atoms with Gasteiger partial charge in [0.25, 0.3) is 0 Å². The molecule has 1 aliphatic heterocycles. The van der Waals surface area contributed by atoms with E-state index >= 15 is 0 Å². The summed E-state index contributed by atoms with van der Waals surface area (Å²) in [5.74, 6) is 0.908. The zero-order valence-electron chi connectivity index (χ0n) is 16.6. The molecule has 1 aliphatic rings. The zero-order chi connectivity index (χ0) is 20.4. The predicted molar refractivity (Wildman–Crippen MR) is 110 cm³/mol. The van der Waals surface area contributed by atoms with Gasteiger partial charge in [-0.2, -0.15) is 5.10 Å². The van der Waals surface area contributed by atoms with Crippen molar-refractivity contribution >= 4 is 11.7 Å². The van der Waals surface area contributed by atoms with Crippen molar-refractivity contribution in [3.63, 3.8) is 0 Å². The second-order valence-electron chi connectivity index (χ2n) is 7.28. The van der Waals surface area contributed by atoms with Crippen molar-refractivity contribution < 1.29 is 13.9 Å². The first-order valence-corrected chi connectivity index (χ1v) is 9.95. The first-order chi connectivity index (χ1) is 14.1. The molecule has 0 saturated carbocycles. The number of nitrogens with zero attached hydrogens (tertiary/aromatic N) is 2. The number of aryl methyl sites for hydroxylation is 1. The summed E-state index contributed by atoms with van der Waals surface area (Å²) in [6.07, 6.45) is 2.37. The first kappa shape index (κ1) is 19.2. The van der Waals surface area contributed by atoms with Crippen molar-refractivity contribution in [2.75, 3.05) is 11.9 Å². The molecule has 2 heterocycles. The second kappa shape index (κ2) is 8.07. The van der Waals surface area contributed by atoms with Gasteiger partial charge in [0, 0.05) is 23.5 Å². The number of rotatable bonds is 6. The van der Waals surface area contributed by atoms with Crippen molar-refractivity contribution in [2.24, 2.45) is 0 Å². The van der Waals surface area contributed by atoms with E-state index in [1.807, 2.05) is 31.2 Å². The fraction of sp³-hybridized carbons (Fsp3) is 0.304. The van der Waals surface area contributed by atoms with Gasteiger partial charge in [0.15, 0.2) is 0 Å². The fourth-order valence-electron chi connectivity index (χ4n) is 3.81.